The summed E-state index contributed by atoms with van der Waals surface area (Å²) in [4.78, 5) is 12.1. The molecule has 1 N–H and O–H groups in total. The highest BCUT2D eigenvalue weighted by Crippen LogP contribution is 2.23. The van der Waals surface area contributed by atoms with Crippen LogP contribution in [0, 0.1) is 5.82 Å². The Kier molecular flexibility index (Phi) is 6.67. The number of nitrogens with one attached hydrogen (secondary N) is 1. The number of hydrogen-bond acceptors (Lipinski definition) is 6. The Labute approximate surface area is 186 Å². The molecule has 0 spiro atoms. The zero-order valence-corrected chi connectivity index (χ0v) is 17.5. The minimum Gasteiger partial charge on any atom is -0.484 e. The predicted octanol–water partition coefficient (Wildman–Crippen LogP) is 3.32. The van der Waals surface area contributed by atoms with Crippen LogP contribution in [-0.2, 0) is 14.3 Å². The number of halogens is 3. The molecule has 31 heavy (non-hydrogen) atoms. The van der Waals surface area contributed by atoms with E-state index in [1.807, 2.05) is 12.1 Å². The molecule has 2 aromatic carbocycles. The van der Waals surface area contributed by atoms with Gasteiger partial charge in [0, 0.05) is 11.1 Å². The Morgan fingerprint density at radius 2 is 1.94 bits per heavy atom. The molecule has 1 aromatic heterocycles. The summed E-state index contributed by atoms with van der Waals surface area (Å²) in [7, 11) is 0. The number of aromatic nitrogens is 3. The van der Waals surface area contributed by atoms with E-state index in [2.05, 4.69) is 15.6 Å². The summed E-state index contributed by atoms with van der Waals surface area (Å²) >= 11 is 11.5. The number of hydrogen-bond donors (Lipinski definition) is 1. The van der Waals surface area contributed by atoms with Gasteiger partial charge in [0.2, 0.25) is 6.29 Å². The average Bonchev–Trinajstić information content (AvgIpc) is 3.26. The van der Waals surface area contributed by atoms with Crippen molar-refractivity contribution in [1.82, 2.24) is 20.3 Å². The standard InChI is InChI=1S/C20H17Cl2FN4O4/c21-12-1-3-14(4-2-12)27-8-18(25-26-27)20-30-9-13(10-31-20)24-19(28)11-29-15-5-6-16(22)17(23)7-15/h1-8,13,20H,9-11H2,(H,24,28). The lowest BCUT2D eigenvalue weighted by molar-refractivity contribution is -0.197. The molecular formula is C20H17Cl2FN4O4. The largest absolute Gasteiger partial charge is 0.484 e. The number of carbonyl (C=O) groups excluding carboxylic acids is 1. The van der Waals surface area contributed by atoms with E-state index >= 15 is 0 Å². The van der Waals surface area contributed by atoms with Crippen LogP contribution in [-0.4, -0.2) is 46.8 Å². The van der Waals surface area contributed by atoms with E-state index in [-0.39, 0.29) is 42.5 Å². The van der Waals surface area contributed by atoms with Gasteiger partial charge in [0.1, 0.15) is 17.3 Å². The molecule has 8 nitrogen and oxygen atoms in total. The second-order valence-electron chi connectivity index (χ2n) is 6.69. The van der Waals surface area contributed by atoms with E-state index in [4.69, 9.17) is 37.4 Å². The number of ether oxygens (including phenoxy) is 3. The molecule has 0 unspecified atom stereocenters. The number of benzene rings is 2. The van der Waals surface area contributed by atoms with Gasteiger partial charge in [0.05, 0.1) is 36.2 Å². The summed E-state index contributed by atoms with van der Waals surface area (Å²) in [5.74, 6) is -0.801. The van der Waals surface area contributed by atoms with Crippen molar-refractivity contribution >= 4 is 29.1 Å². The fourth-order valence-electron chi connectivity index (χ4n) is 2.85. The summed E-state index contributed by atoms with van der Waals surface area (Å²) in [6.07, 6.45) is 1.01. The van der Waals surface area contributed by atoms with Crippen LogP contribution in [0.4, 0.5) is 4.39 Å². The van der Waals surface area contributed by atoms with Crippen LogP contribution in [0.25, 0.3) is 5.69 Å². The second-order valence-corrected chi connectivity index (χ2v) is 7.54. The van der Waals surface area contributed by atoms with Gasteiger partial charge in [-0.1, -0.05) is 28.4 Å². The summed E-state index contributed by atoms with van der Waals surface area (Å²) in [6.45, 7) is 0.163. The zero-order valence-electron chi connectivity index (χ0n) is 16.0. The lowest BCUT2D eigenvalue weighted by atomic mass is 10.3. The number of amides is 1. The molecule has 1 fully saturated rings. The highest BCUT2D eigenvalue weighted by molar-refractivity contribution is 6.31. The first-order valence-corrected chi connectivity index (χ1v) is 10.0. The van der Waals surface area contributed by atoms with E-state index in [9.17, 15) is 9.18 Å². The molecule has 4 rings (SSSR count). The zero-order chi connectivity index (χ0) is 21.8. The first-order valence-electron chi connectivity index (χ1n) is 9.26. The maximum absolute atomic E-state index is 13.4. The molecule has 0 bridgehead atoms. The van der Waals surface area contributed by atoms with Crippen LogP contribution in [0.5, 0.6) is 5.75 Å². The topological polar surface area (TPSA) is 87.5 Å². The van der Waals surface area contributed by atoms with Gasteiger partial charge < -0.3 is 19.5 Å². The monoisotopic (exact) mass is 466 g/mol. The Balaban J connectivity index is 1.24. The van der Waals surface area contributed by atoms with Crippen molar-refractivity contribution in [3.63, 3.8) is 0 Å². The van der Waals surface area contributed by atoms with Gasteiger partial charge >= 0.3 is 0 Å². The molecule has 0 saturated carbocycles. The van der Waals surface area contributed by atoms with Crippen LogP contribution in [0.3, 0.4) is 0 Å². The Hall–Kier alpha value is -2.72. The number of rotatable bonds is 6. The van der Waals surface area contributed by atoms with Crippen LogP contribution in [0.2, 0.25) is 10.0 Å². The fourth-order valence-corrected chi connectivity index (χ4v) is 3.09. The maximum atomic E-state index is 13.4. The Morgan fingerprint density at radius 1 is 1.19 bits per heavy atom. The smallest absolute Gasteiger partial charge is 0.258 e. The molecule has 162 valence electrons. The lowest BCUT2D eigenvalue weighted by Crippen LogP contribution is -2.46. The van der Waals surface area contributed by atoms with Crippen LogP contribution in [0.1, 0.15) is 12.0 Å². The summed E-state index contributed by atoms with van der Waals surface area (Å²) in [5.41, 5.74) is 1.30. The Bertz CT molecular complexity index is 1060. The van der Waals surface area contributed by atoms with E-state index in [1.165, 1.54) is 12.1 Å². The van der Waals surface area contributed by atoms with Crippen molar-refractivity contribution in [2.45, 2.75) is 12.3 Å². The predicted molar refractivity (Wildman–Crippen MR) is 110 cm³/mol. The number of nitrogens with zero attached hydrogens (tertiary/aromatic N) is 3. The molecule has 1 amide bonds. The van der Waals surface area contributed by atoms with Crippen LogP contribution in [0.15, 0.2) is 48.7 Å². The summed E-state index contributed by atoms with van der Waals surface area (Å²) < 4.78 is 31.6. The van der Waals surface area contributed by atoms with Crippen LogP contribution >= 0.6 is 23.2 Å². The van der Waals surface area contributed by atoms with Crippen molar-refractivity contribution in [2.24, 2.45) is 0 Å². The van der Waals surface area contributed by atoms with Crippen molar-refractivity contribution in [2.75, 3.05) is 19.8 Å². The maximum Gasteiger partial charge on any atom is 0.258 e. The molecule has 0 radical (unpaired) electrons. The molecular weight excluding hydrogens is 450 g/mol. The van der Waals surface area contributed by atoms with Crippen molar-refractivity contribution < 1.29 is 23.4 Å². The first kappa shape index (κ1) is 21.5. The summed E-state index contributed by atoms with van der Waals surface area (Å²) in [6, 6.07) is 10.7. The third-order valence-electron chi connectivity index (χ3n) is 4.37. The highest BCUT2D eigenvalue weighted by atomic mass is 35.5. The third kappa shape index (κ3) is 5.50. The van der Waals surface area contributed by atoms with Crippen molar-refractivity contribution in [1.29, 1.82) is 0 Å². The van der Waals surface area contributed by atoms with Gasteiger partial charge in [0.25, 0.3) is 5.91 Å². The van der Waals surface area contributed by atoms with Gasteiger partial charge in [-0.2, -0.15) is 0 Å². The van der Waals surface area contributed by atoms with E-state index < -0.39 is 12.1 Å². The van der Waals surface area contributed by atoms with Gasteiger partial charge in [-0.05, 0) is 36.4 Å². The number of carbonyl (C=O) groups is 1. The van der Waals surface area contributed by atoms with Crippen molar-refractivity contribution in [3.8, 4) is 11.4 Å². The van der Waals surface area contributed by atoms with E-state index in [1.54, 1.807) is 23.0 Å². The summed E-state index contributed by atoms with van der Waals surface area (Å²) in [5, 5.41) is 11.5. The molecule has 11 heteroatoms. The third-order valence-corrected chi connectivity index (χ3v) is 4.93. The van der Waals surface area contributed by atoms with Crippen LogP contribution < -0.4 is 10.1 Å². The normalized spacial score (nSPS) is 18.5. The van der Waals surface area contributed by atoms with Gasteiger partial charge in [0.15, 0.2) is 6.61 Å². The first-order chi connectivity index (χ1) is 15.0. The molecule has 0 atom stereocenters. The van der Waals surface area contributed by atoms with Gasteiger partial charge in [-0.25, -0.2) is 9.07 Å². The van der Waals surface area contributed by atoms with Crippen molar-refractivity contribution in [3.05, 3.63) is 70.2 Å². The second kappa shape index (κ2) is 9.61. The SMILES string of the molecule is O=C(COc1ccc(Cl)c(F)c1)NC1COC(c2cn(-c3ccc(Cl)cc3)nn2)OC1. The lowest BCUT2D eigenvalue weighted by Gasteiger charge is -2.28. The fraction of sp³-hybridized carbons (Fsp3) is 0.250. The quantitative estimate of drug-likeness (QED) is 0.599. The minimum absolute atomic E-state index is 0.0175. The molecule has 1 aliphatic heterocycles. The van der Waals surface area contributed by atoms with E-state index in [0.717, 1.165) is 11.8 Å². The Morgan fingerprint density at radius 3 is 2.65 bits per heavy atom. The molecule has 0 aliphatic carbocycles. The average molecular weight is 467 g/mol. The molecule has 2 heterocycles. The minimum atomic E-state index is -0.692. The van der Waals surface area contributed by atoms with Gasteiger partial charge in [-0.15, -0.1) is 5.10 Å². The molecule has 1 aliphatic rings. The molecule has 1 saturated heterocycles. The molecule has 3 aromatic rings. The highest BCUT2D eigenvalue weighted by Gasteiger charge is 2.27. The van der Waals surface area contributed by atoms with Gasteiger partial charge in [-0.3, -0.25) is 4.79 Å². The van der Waals surface area contributed by atoms with E-state index in [0.29, 0.717) is 10.7 Å².